The monoisotopic (exact) mass is 343 g/mol. The van der Waals surface area contributed by atoms with Crippen LogP contribution in [0.5, 0.6) is 0 Å². The van der Waals surface area contributed by atoms with Crippen molar-refractivity contribution in [3.8, 4) is 0 Å². The molecule has 2 aliphatic rings. The van der Waals surface area contributed by atoms with Crippen LogP contribution in [0.3, 0.4) is 0 Å². The van der Waals surface area contributed by atoms with Crippen LogP contribution in [0.1, 0.15) is 31.7 Å². The van der Waals surface area contributed by atoms with Crippen LogP contribution >= 0.6 is 0 Å². The molecule has 1 saturated heterocycles. The average molecular weight is 343 g/mol. The van der Waals surface area contributed by atoms with Gasteiger partial charge in [-0.15, -0.1) is 0 Å². The number of anilines is 1. The lowest BCUT2D eigenvalue weighted by atomic mass is 10.0. The third-order valence-corrected chi connectivity index (χ3v) is 4.98. The molecule has 6 heteroatoms. The molecule has 0 bridgehead atoms. The number of pyridine rings is 1. The van der Waals surface area contributed by atoms with E-state index in [1.54, 1.807) is 0 Å². The molecule has 0 radical (unpaired) electrons. The summed E-state index contributed by atoms with van der Waals surface area (Å²) in [5, 5.41) is 5.96. The van der Waals surface area contributed by atoms with Gasteiger partial charge in [-0.2, -0.15) is 0 Å². The molecule has 1 atom stereocenters. The molecule has 1 fully saturated rings. The number of hydrogen-bond donors (Lipinski definition) is 2. The molecule has 1 aliphatic heterocycles. The van der Waals surface area contributed by atoms with E-state index in [4.69, 9.17) is 0 Å². The summed E-state index contributed by atoms with van der Waals surface area (Å²) in [5.41, 5.74) is 1.08. The van der Waals surface area contributed by atoms with Gasteiger partial charge in [-0.05, 0) is 43.5 Å². The number of carbonyl (C=O) groups is 1. The summed E-state index contributed by atoms with van der Waals surface area (Å²) in [4.78, 5) is 21.3. The summed E-state index contributed by atoms with van der Waals surface area (Å²) in [5.74, 6) is 1.01. The molecule has 1 aromatic rings. The van der Waals surface area contributed by atoms with E-state index in [0.717, 1.165) is 63.4 Å². The van der Waals surface area contributed by atoms with Crippen LogP contribution in [0.2, 0.25) is 0 Å². The second-order valence-electron chi connectivity index (χ2n) is 6.74. The zero-order valence-corrected chi connectivity index (χ0v) is 15.1. The highest BCUT2D eigenvalue weighted by Crippen LogP contribution is 2.15. The lowest BCUT2D eigenvalue weighted by molar-refractivity contribution is 0.237. The number of carbonyl (C=O) groups excluding carboxylic acids is 1. The van der Waals surface area contributed by atoms with Gasteiger partial charge < -0.3 is 20.4 Å². The van der Waals surface area contributed by atoms with Crippen LogP contribution in [-0.4, -0.2) is 54.7 Å². The summed E-state index contributed by atoms with van der Waals surface area (Å²) >= 11 is 0. The Kier molecular flexibility index (Phi) is 6.28. The Morgan fingerprint density at radius 3 is 2.88 bits per heavy atom. The van der Waals surface area contributed by atoms with Crippen molar-refractivity contribution in [1.82, 2.24) is 20.5 Å². The predicted octanol–water partition coefficient (Wildman–Crippen LogP) is 2.13. The molecule has 6 nitrogen and oxygen atoms in total. The van der Waals surface area contributed by atoms with Gasteiger partial charge in [-0.25, -0.2) is 9.78 Å². The molecule has 0 aromatic carbocycles. The summed E-state index contributed by atoms with van der Waals surface area (Å²) in [7, 11) is 0. The van der Waals surface area contributed by atoms with E-state index in [1.165, 1.54) is 0 Å². The van der Waals surface area contributed by atoms with E-state index in [-0.39, 0.29) is 12.1 Å². The van der Waals surface area contributed by atoms with Crippen molar-refractivity contribution in [2.24, 2.45) is 0 Å². The molecule has 0 unspecified atom stereocenters. The van der Waals surface area contributed by atoms with Crippen molar-refractivity contribution in [1.29, 1.82) is 0 Å². The first-order valence-electron chi connectivity index (χ1n) is 9.38. The van der Waals surface area contributed by atoms with Gasteiger partial charge in [-0.1, -0.05) is 19.1 Å². The topological polar surface area (TPSA) is 60.5 Å². The second kappa shape index (κ2) is 8.85. The van der Waals surface area contributed by atoms with Crippen molar-refractivity contribution < 1.29 is 4.79 Å². The molecular formula is C19H29N5O. The van der Waals surface area contributed by atoms with Crippen molar-refractivity contribution in [2.75, 3.05) is 37.6 Å². The number of likely N-dealkylation sites (N-methyl/N-ethyl adjacent to an activating group) is 1. The van der Waals surface area contributed by atoms with E-state index in [0.29, 0.717) is 6.54 Å². The van der Waals surface area contributed by atoms with E-state index in [2.05, 4.69) is 50.6 Å². The van der Waals surface area contributed by atoms with Gasteiger partial charge in [0.15, 0.2) is 0 Å². The van der Waals surface area contributed by atoms with Crippen LogP contribution in [0.25, 0.3) is 0 Å². The Balaban J connectivity index is 1.49. The molecule has 2 heterocycles. The summed E-state index contributed by atoms with van der Waals surface area (Å²) in [6.45, 7) is 8.01. The van der Waals surface area contributed by atoms with Crippen LogP contribution in [0, 0.1) is 0 Å². The quantitative estimate of drug-likeness (QED) is 0.804. The molecule has 1 aromatic heterocycles. The molecule has 136 valence electrons. The molecule has 3 rings (SSSR count). The highest BCUT2D eigenvalue weighted by Gasteiger charge is 2.17. The largest absolute Gasteiger partial charge is 0.354 e. The fraction of sp³-hybridized carbons (Fsp3) is 0.579. The Morgan fingerprint density at radius 1 is 1.32 bits per heavy atom. The Labute approximate surface area is 150 Å². The maximum Gasteiger partial charge on any atom is 0.315 e. The minimum Gasteiger partial charge on any atom is -0.354 e. The smallest absolute Gasteiger partial charge is 0.315 e. The van der Waals surface area contributed by atoms with E-state index in [1.807, 2.05) is 12.3 Å². The molecule has 25 heavy (non-hydrogen) atoms. The SMILES string of the molecule is CCN1CCN(c2cc(CNC(=O)N[C@H]3C=CCCC3)ccn2)CC1. The molecule has 2 amide bonds. The van der Waals surface area contributed by atoms with E-state index in [9.17, 15) is 4.79 Å². The third-order valence-electron chi connectivity index (χ3n) is 4.98. The van der Waals surface area contributed by atoms with Crippen molar-refractivity contribution in [3.63, 3.8) is 0 Å². The molecule has 2 N–H and O–H groups in total. The van der Waals surface area contributed by atoms with Gasteiger partial charge in [0.1, 0.15) is 5.82 Å². The minimum absolute atomic E-state index is 0.105. The van der Waals surface area contributed by atoms with Crippen LogP contribution < -0.4 is 15.5 Å². The molecule has 0 saturated carbocycles. The fourth-order valence-electron chi connectivity index (χ4n) is 3.37. The zero-order valence-electron chi connectivity index (χ0n) is 15.1. The normalized spacial score (nSPS) is 21.2. The number of rotatable bonds is 5. The fourth-order valence-corrected chi connectivity index (χ4v) is 3.37. The van der Waals surface area contributed by atoms with E-state index >= 15 is 0 Å². The number of hydrogen-bond acceptors (Lipinski definition) is 4. The van der Waals surface area contributed by atoms with Crippen LogP contribution in [0.15, 0.2) is 30.5 Å². The van der Waals surface area contributed by atoms with Crippen molar-refractivity contribution >= 4 is 11.8 Å². The molecule has 1 aliphatic carbocycles. The number of piperazine rings is 1. The van der Waals surface area contributed by atoms with Crippen LogP contribution in [0.4, 0.5) is 10.6 Å². The number of amides is 2. The van der Waals surface area contributed by atoms with Gasteiger partial charge in [-0.3, -0.25) is 0 Å². The first kappa shape index (κ1) is 17.7. The highest BCUT2D eigenvalue weighted by molar-refractivity contribution is 5.74. The minimum atomic E-state index is -0.105. The standard InChI is InChI=1S/C19H29N5O/c1-2-23-10-12-24(13-11-23)18-14-16(8-9-20-18)15-21-19(25)22-17-6-4-3-5-7-17/h4,6,8-9,14,17H,2-3,5,7,10-13,15H2,1H3,(H2,21,22,25)/t17-/m0/s1. The zero-order chi connectivity index (χ0) is 17.5. The Hall–Kier alpha value is -2.08. The predicted molar refractivity (Wildman–Crippen MR) is 101 cm³/mol. The summed E-state index contributed by atoms with van der Waals surface area (Å²) in [6.07, 6.45) is 9.34. The van der Waals surface area contributed by atoms with Crippen LogP contribution in [-0.2, 0) is 6.54 Å². The lowest BCUT2D eigenvalue weighted by Gasteiger charge is -2.34. The first-order chi connectivity index (χ1) is 12.2. The second-order valence-corrected chi connectivity index (χ2v) is 6.74. The summed E-state index contributed by atoms with van der Waals surface area (Å²) < 4.78 is 0. The number of nitrogens with zero attached hydrogens (tertiary/aromatic N) is 3. The number of urea groups is 1. The van der Waals surface area contributed by atoms with Gasteiger partial charge >= 0.3 is 6.03 Å². The summed E-state index contributed by atoms with van der Waals surface area (Å²) in [6, 6.07) is 4.11. The van der Waals surface area contributed by atoms with Gasteiger partial charge in [0.2, 0.25) is 0 Å². The van der Waals surface area contributed by atoms with E-state index < -0.39 is 0 Å². The Bertz CT molecular complexity index is 595. The van der Waals surface area contributed by atoms with Gasteiger partial charge in [0.05, 0.1) is 0 Å². The molecular weight excluding hydrogens is 314 g/mol. The maximum atomic E-state index is 12.1. The van der Waals surface area contributed by atoms with Crippen molar-refractivity contribution in [3.05, 3.63) is 36.0 Å². The highest BCUT2D eigenvalue weighted by atomic mass is 16.2. The van der Waals surface area contributed by atoms with Crippen molar-refractivity contribution in [2.45, 2.75) is 38.8 Å². The number of nitrogens with one attached hydrogen (secondary N) is 2. The maximum absolute atomic E-state index is 12.1. The first-order valence-corrected chi connectivity index (χ1v) is 9.38. The lowest BCUT2D eigenvalue weighted by Crippen LogP contribution is -2.46. The van der Waals surface area contributed by atoms with Gasteiger partial charge in [0.25, 0.3) is 0 Å². The third kappa shape index (κ3) is 5.19. The number of aromatic nitrogens is 1. The average Bonchev–Trinajstić information content (AvgIpc) is 2.67. The van der Waals surface area contributed by atoms with Gasteiger partial charge in [0, 0.05) is 45.0 Å². The number of allylic oxidation sites excluding steroid dienone is 1. The molecule has 0 spiro atoms. The Morgan fingerprint density at radius 2 is 2.16 bits per heavy atom.